The van der Waals surface area contributed by atoms with Crippen LogP contribution in [0.2, 0.25) is 0 Å². The molecule has 54 valence electrons. The first-order chi connectivity index (χ1) is 4.31. The van der Waals surface area contributed by atoms with Crippen molar-refractivity contribution in [3.8, 4) is 0 Å². The van der Waals surface area contributed by atoms with E-state index in [4.69, 9.17) is 5.11 Å². The first kappa shape index (κ1) is 8.63. The van der Waals surface area contributed by atoms with Crippen LogP contribution < -0.4 is 0 Å². The molecule has 0 fully saturated rings. The SMILES string of the molecule is C=N[C@H](C)CCCCO. The Morgan fingerprint density at radius 2 is 2.22 bits per heavy atom. The van der Waals surface area contributed by atoms with Crippen LogP contribution in [0.25, 0.3) is 0 Å². The molecule has 0 saturated heterocycles. The molecule has 2 nitrogen and oxygen atoms in total. The van der Waals surface area contributed by atoms with Gasteiger partial charge >= 0.3 is 0 Å². The fourth-order valence-corrected chi connectivity index (χ4v) is 0.643. The minimum absolute atomic E-state index is 0.295. The molecule has 0 radical (unpaired) electrons. The highest BCUT2D eigenvalue weighted by molar-refractivity contribution is 5.23. The summed E-state index contributed by atoms with van der Waals surface area (Å²) in [6.45, 7) is 5.75. The second-order valence-electron chi connectivity index (χ2n) is 2.25. The van der Waals surface area contributed by atoms with Crippen molar-refractivity contribution in [2.24, 2.45) is 4.99 Å². The van der Waals surface area contributed by atoms with Crippen LogP contribution in [0.5, 0.6) is 0 Å². The van der Waals surface area contributed by atoms with Gasteiger partial charge in [-0.25, -0.2) is 0 Å². The summed E-state index contributed by atoms with van der Waals surface area (Å²) in [5.41, 5.74) is 0. The quantitative estimate of drug-likeness (QED) is 0.439. The lowest BCUT2D eigenvalue weighted by molar-refractivity contribution is 0.282. The molecule has 2 heteroatoms. The molecule has 9 heavy (non-hydrogen) atoms. The van der Waals surface area contributed by atoms with Crippen molar-refractivity contribution in [2.75, 3.05) is 6.61 Å². The highest BCUT2D eigenvalue weighted by atomic mass is 16.2. The summed E-state index contributed by atoms with van der Waals surface area (Å²) in [4.78, 5) is 3.83. The molecule has 1 atom stereocenters. The average molecular weight is 129 g/mol. The van der Waals surface area contributed by atoms with Gasteiger partial charge in [-0.2, -0.15) is 0 Å². The number of rotatable bonds is 5. The van der Waals surface area contributed by atoms with E-state index >= 15 is 0 Å². The third-order valence-corrected chi connectivity index (χ3v) is 1.34. The third-order valence-electron chi connectivity index (χ3n) is 1.34. The van der Waals surface area contributed by atoms with E-state index < -0.39 is 0 Å². The number of unbranched alkanes of at least 4 members (excludes halogenated alkanes) is 1. The molecular weight excluding hydrogens is 114 g/mol. The molecule has 0 saturated carbocycles. The molecule has 0 rings (SSSR count). The summed E-state index contributed by atoms with van der Waals surface area (Å²) in [6, 6.07) is 0.358. The van der Waals surface area contributed by atoms with Crippen LogP contribution in [0.3, 0.4) is 0 Å². The molecular formula is C7H15NO. The number of hydrogen-bond acceptors (Lipinski definition) is 2. The van der Waals surface area contributed by atoms with E-state index in [0.717, 1.165) is 19.3 Å². The van der Waals surface area contributed by atoms with Crippen LogP contribution in [0, 0.1) is 0 Å². The van der Waals surface area contributed by atoms with E-state index in [2.05, 4.69) is 11.7 Å². The first-order valence-electron chi connectivity index (χ1n) is 3.38. The average Bonchev–Trinajstić information content (AvgIpc) is 1.89. The zero-order valence-electron chi connectivity index (χ0n) is 6.01. The summed E-state index contributed by atoms with van der Waals surface area (Å²) < 4.78 is 0. The van der Waals surface area contributed by atoms with Crippen LogP contribution in [0.4, 0.5) is 0 Å². The number of aliphatic hydroxyl groups is 1. The van der Waals surface area contributed by atoms with Gasteiger partial charge in [-0.15, -0.1) is 0 Å². The van der Waals surface area contributed by atoms with E-state index in [1.807, 2.05) is 6.92 Å². The molecule has 0 aliphatic heterocycles. The van der Waals surface area contributed by atoms with Gasteiger partial charge in [0.05, 0.1) is 0 Å². The molecule has 0 aliphatic carbocycles. The second-order valence-corrected chi connectivity index (χ2v) is 2.25. The summed E-state index contributed by atoms with van der Waals surface area (Å²) in [7, 11) is 0. The molecule has 0 spiro atoms. The Morgan fingerprint density at radius 1 is 1.56 bits per heavy atom. The Bertz CT molecular complexity index is 73.3. The van der Waals surface area contributed by atoms with Crippen LogP contribution in [0.1, 0.15) is 26.2 Å². The van der Waals surface area contributed by atoms with Crippen molar-refractivity contribution >= 4 is 6.72 Å². The monoisotopic (exact) mass is 129 g/mol. The Morgan fingerprint density at radius 3 is 2.67 bits per heavy atom. The van der Waals surface area contributed by atoms with Gasteiger partial charge in [0, 0.05) is 12.6 Å². The Balaban J connectivity index is 2.96. The van der Waals surface area contributed by atoms with E-state index in [-0.39, 0.29) is 0 Å². The highest BCUT2D eigenvalue weighted by Crippen LogP contribution is 2.01. The van der Waals surface area contributed by atoms with Crippen molar-refractivity contribution in [3.63, 3.8) is 0 Å². The lowest BCUT2D eigenvalue weighted by Crippen LogP contribution is -1.96. The second kappa shape index (κ2) is 5.76. The van der Waals surface area contributed by atoms with E-state index in [1.54, 1.807) is 0 Å². The zero-order chi connectivity index (χ0) is 7.11. The Labute approximate surface area is 56.6 Å². The summed E-state index contributed by atoms with van der Waals surface area (Å²) in [5, 5.41) is 8.41. The van der Waals surface area contributed by atoms with Crippen LogP contribution in [-0.2, 0) is 0 Å². The fourth-order valence-electron chi connectivity index (χ4n) is 0.643. The normalized spacial score (nSPS) is 13.1. The summed E-state index contributed by atoms with van der Waals surface area (Å²) in [6.07, 6.45) is 2.99. The van der Waals surface area contributed by atoms with Gasteiger partial charge in [0.25, 0.3) is 0 Å². The topological polar surface area (TPSA) is 32.6 Å². The molecule has 0 aromatic heterocycles. The largest absolute Gasteiger partial charge is 0.396 e. The van der Waals surface area contributed by atoms with Gasteiger partial charge in [-0.1, -0.05) is 0 Å². The molecule has 0 aliphatic rings. The van der Waals surface area contributed by atoms with Gasteiger partial charge in [0.2, 0.25) is 0 Å². The van der Waals surface area contributed by atoms with E-state index in [0.29, 0.717) is 12.6 Å². The van der Waals surface area contributed by atoms with Gasteiger partial charge < -0.3 is 5.11 Å². The Kier molecular flexibility index (Phi) is 5.52. The van der Waals surface area contributed by atoms with Crippen molar-refractivity contribution in [1.82, 2.24) is 0 Å². The lowest BCUT2D eigenvalue weighted by atomic mass is 10.1. The van der Waals surface area contributed by atoms with Gasteiger partial charge in [0.1, 0.15) is 0 Å². The zero-order valence-corrected chi connectivity index (χ0v) is 6.01. The molecule has 0 aromatic carbocycles. The lowest BCUT2D eigenvalue weighted by Gasteiger charge is -2.01. The minimum Gasteiger partial charge on any atom is -0.396 e. The highest BCUT2D eigenvalue weighted by Gasteiger charge is 1.94. The number of aliphatic imine (C=N–C) groups is 1. The van der Waals surface area contributed by atoms with Crippen molar-refractivity contribution in [2.45, 2.75) is 32.2 Å². The maximum atomic E-state index is 8.41. The van der Waals surface area contributed by atoms with Gasteiger partial charge in [0.15, 0.2) is 0 Å². The maximum absolute atomic E-state index is 8.41. The fraction of sp³-hybridized carbons (Fsp3) is 0.857. The summed E-state index contributed by atoms with van der Waals surface area (Å²) in [5.74, 6) is 0. The smallest absolute Gasteiger partial charge is 0.0464 e. The molecule has 0 aromatic rings. The van der Waals surface area contributed by atoms with E-state index in [1.165, 1.54) is 0 Å². The molecule has 0 unspecified atom stereocenters. The van der Waals surface area contributed by atoms with E-state index in [9.17, 15) is 0 Å². The van der Waals surface area contributed by atoms with Crippen molar-refractivity contribution < 1.29 is 5.11 Å². The number of nitrogens with zero attached hydrogens (tertiary/aromatic N) is 1. The van der Waals surface area contributed by atoms with Gasteiger partial charge in [-0.3, -0.25) is 4.99 Å². The molecule has 1 N–H and O–H groups in total. The van der Waals surface area contributed by atoms with Crippen LogP contribution in [0.15, 0.2) is 4.99 Å². The first-order valence-corrected chi connectivity index (χ1v) is 3.38. The summed E-state index contributed by atoms with van der Waals surface area (Å²) >= 11 is 0. The number of aliphatic hydroxyl groups excluding tert-OH is 1. The third kappa shape index (κ3) is 5.50. The minimum atomic E-state index is 0.295. The number of hydrogen-bond donors (Lipinski definition) is 1. The Hall–Kier alpha value is -0.370. The van der Waals surface area contributed by atoms with Crippen LogP contribution in [-0.4, -0.2) is 24.5 Å². The predicted octanol–water partition coefficient (Wildman–Crippen LogP) is 1.24. The molecule has 0 heterocycles. The molecule has 0 amide bonds. The molecule has 0 bridgehead atoms. The van der Waals surface area contributed by atoms with Crippen LogP contribution >= 0.6 is 0 Å². The maximum Gasteiger partial charge on any atom is 0.0464 e. The standard InChI is InChI=1S/C7H15NO/c1-7(8-2)5-3-4-6-9/h7,9H,2-6H2,1H3/t7-/m1/s1. The van der Waals surface area contributed by atoms with Crippen molar-refractivity contribution in [3.05, 3.63) is 0 Å². The van der Waals surface area contributed by atoms with Gasteiger partial charge in [-0.05, 0) is 32.9 Å². The van der Waals surface area contributed by atoms with Crippen molar-refractivity contribution in [1.29, 1.82) is 0 Å². The predicted molar refractivity (Wildman–Crippen MR) is 39.9 cm³/mol.